The molecule has 1 N–H and O–H groups in total. The lowest BCUT2D eigenvalue weighted by atomic mass is 10.0. The summed E-state index contributed by atoms with van der Waals surface area (Å²) >= 11 is 7.34. The molecule has 21 heavy (non-hydrogen) atoms. The Morgan fingerprint density at radius 2 is 2.05 bits per heavy atom. The number of halogens is 1. The Kier molecular flexibility index (Phi) is 5.11. The molecule has 0 saturated carbocycles. The molecule has 3 rings (SSSR count). The lowest BCUT2D eigenvalue weighted by molar-refractivity contribution is 0.536. The molecule has 1 nitrogen and oxygen atoms in total. The highest BCUT2D eigenvalue weighted by Crippen LogP contribution is 2.34. The number of fused-ring (bicyclic) bond motifs is 1. The van der Waals surface area contributed by atoms with Gasteiger partial charge in [0.25, 0.3) is 0 Å². The average molecular weight is 380 g/mol. The summed E-state index contributed by atoms with van der Waals surface area (Å²) in [5, 5.41) is 9.59. The lowest BCUT2D eigenvalue weighted by Crippen LogP contribution is -2.23. The second kappa shape index (κ2) is 7.05. The van der Waals surface area contributed by atoms with Gasteiger partial charge in [0.2, 0.25) is 0 Å². The molecule has 1 unspecified atom stereocenters. The topological polar surface area (TPSA) is 12.0 Å². The van der Waals surface area contributed by atoms with E-state index in [4.69, 9.17) is 0 Å². The number of benzene rings is 1. The Bertz CT molecular complexity index is 716. The second-order valence-corrected chi connectivity index (χ2v) is 7.86. The molecule has 2 aromatic heterocycles. The van der Waals surface area contributed by atoms with E-state index in [2.05, 4.69) is 69.3 Å². The highest BCUT2D eigenvalue weighted by molar-refractivity contribution is 9.10. The van der Waals surface area contributed by atoms with Crippen LogP contribution in [-0.4, -0.2) is 6.54 Å². The van der Waals surface area contributed by atoms with Gasteiger partial charge in [-0.15, -0.1) is 22.7 Å². The highest BCUT2D eigenvalue weighted by atomic mass is 79.9. The van der Waals surface area contributed by atoms with Crippen molar-refractivity contribution in [3.63, 3.8) is 0 Å². The summed E-state index contributed by atoms with van der Waals surface area (Å²) in [4.78, 5) is 1.42. The first-order valence-corrected chi connectivity index (χ1v) is 9.76. The molecule has 0 bridgehead atoms. The van der Waals surface area contributed by atoms with Crippen LogP contribution in [0.25, 0.3) is 10.1 Å². The molecule has 0 aliphatic rings. The molecule has 1 atom stereocenters. The number of rotatable bonds is 6. The summed E-state index contributed by atoms with van der Waals surface area (Å²) < 4.78 is 2.61. The van der Waals surface area contributed by atoms with Crippen molar-refractivity contribution in [2.24, 2.45) is 0 Å². The third-order valence-corrected chi connectivity index (χ3v) is 6.54. The Morgan fingerprint density at radius 3 is 2.81 bits per heavy atom. The average Bonchev–Trinajstić information content (AvgIpc) is 3.10. The maximum Gasteiger partial charge on any atom is 0.0383 e. The standard InChI is InChI=1S/C17H18BrNS2/c1-2-8-19-15(10-17-14(18)7-9-20-17)13-11-21-16-6-4-3-5-12(13)16/h3-7,9,11,15,19H,2,8,10H2,1H3. The monoisotopic (exact) mass is 379 g/mol. The van der Waals surface area contributed by atoms with E-state index >= 15 is 0 Å². The van der Waals surface area contributed by atoms with E-state index in [1.807, 2.05) is 22.7 Å². The lowest BCUT2D eigenvalue weighted by Gasteiger charge is -2.18. The molecule has 0 aliphatic heterocycles. The van der Waals surface area contributed by atoms with Gasteiger partial charge >= 0.3 is 0 Å². The molecule has 2 heterocycles. The predicted molar refractivity (Wildman–Crippen MR) is 98.6 cm³/mol. The van der Waals surface area contributed by atoms with Crippen LogP contribution in [0.3, 0.4) is 0 Å². The summed E-state index contributed by atoms with van der Waals surface area (Å²) in [7, 11) is 0. The van der Waals surface area contributed by atoms with Crippen molar-refractivity contribution in [2.45, 2.75) is 25.8 Å². The Hall–Kier alpha value is -0.680. The number of nitrogens with one attached hydrogen (secondary N) is 1. The van der Waals surface area contributed by atoms with Crippen molar-refractivity contribution in [3.05, 3.63) is 56.0 Å². The molecule has 3 aromatic rings. The van der Waals surface area contributed by atoms with Crippen LogP contribution < -0.4 is 5.32 Å². The van der Waals surface area contributed by atoms with E-state index in [1.54, 1.807) is 0 Å². The normalized spacial score (nSPS) is 12.9. The molecule has 0 radical (unpaired) electrons. The van der Waals surface area contributed by atoms with Gasteiger partial charge in [0.15, 0.2) is 0 Å². The third-order valence-electron chi connectivity index (χ3n) is 3.61. The van der Waals surface area contributed by atoms with Crippen molar-refractivity contribution in [1.29, 1.82) is 0 Å². The predicted octanol–water partition coefficient (Wildman–Crippen LogP) is 6.01. The van der Waals surface area contributed by atoms with Crippen LogP contribution in [0.5, 0.6) is 0 Å². The second-order valence-electron chi connectivity index (χ2n) is 5.09. The maximum absolute atomic E-state index is 3.72. The molecule has 1 aromatic carbocycles. The fourth-order valence-corrected chi connectivity index (χ4v) is 5.11. The molecule has 0 fully saturated rings. The summed E-state index contributed by atoms with van der Waals surface area (Å²) in [5.74, 6) is 0. The zero-order valence-electron chi connectivity index (χ0n) is 11.9. The van der Waals surface area contributed by atoms with E-state index in [-0.39, 0.29) is 0 Å². The Balaban J connectivity index is 1.93. The van der Waals surface area contributed by atoms with Crippen molar-refractivity contribution in [2.75, 3.05) is 6.54 Å². The van der Waals surface area contributed by atoms with Gasteiger partial charge in [-0.1, -0.05) is 25.1 Å². The van der Waals surface area contributed by atoms with Crippen molar-refractivity contribution in [3.8, 4) is 0 Å². The minimum atomic E-state index is 0.385. The number of hydrogen-bond acceptors (Lipinski definition) is 3. The van der Waals surface area contributed by atoms with Crippen LogP contribution >= 0.6 is 38.6 Å². The van der Waals surface area contributed by atoms with Gasteiger partial charge in [-0.05, 0) is 62.7 Å². The number of thiophene rings is 2. The third kappa shape index (κ3) is 3.39. The molecule has 0 aliphatic carbocycles. The van der Waals surface area contributed by atoms with Crippen LogP contribution in [-0.2, 0) is 6.42 Å². The van der Waals surface area contributed by atoms with Gasteiger partial charge in [0, 0.05) is 26.5 Å². The molecule has 0 saturated heterocycles. The zero-order valence-corrected chi connectivity index (χ0v) is 15.2. The summed E-state index contributed by atoms with van der Waals surface area (Å²) in [6, 6.07) is 11.2. The Morgan fingerprint density at radius 1 is 1.19 bits per heavy atom. The van der Waals surface area contributed by atoms with Gasteiger partial charge in [0.1, 0.15) is 0 Å². The Labute approximate surface area is 142 Å². The molecular formula is C17H18BrNS2. The van der Waals surface area contributed by atoms with Crippen LogP contribution in [0.1, 0.15) is 29.8 Å². The summed E-state index contributed by atoms with van der Waals surface area (Å²) in [5.41, 5.74) is 1.43. The molecule has 4 heteroatoms. The fourth-order valence-electron chi connectivity index (χ4n) is 2.53. The first-order valence-electron chi connectivity index (χ1n) is 7.21. The molecule has 0 amide bonds. The SMILES string of the molecule is CCCNC(Cc1sccc1Br)c1csc2ccccc12. The molecular weight excluding hydrogens is 362 g/mol. The quantitative estimate of drug-likeness (QED) is 0.552. The van der Waals surface area contributed by atoms with E-state index in [1.165, 1.54) is 25.0 Å². The minimum absolute atomic E-state index is 0.385. The molecule has 0 spiro atoms. The van der Waals surface area contributed by atoms with Crippen molar-refractivity contribution in [1.82, 2.24) is 5.32 Å². The first kappa shape index (κ1) is 15.2. The van der Waals surface area contributed by atoms with Gasteiger partial charge < -0.3 is 5.32 Å². The summed E-state index contributed by atoms with van der Waals surface area (Å²) in [6.45, 7) is 3.27. The van der Waals surface area contributed by atoms with Crippen LogP contribution in [0.2, 0.25) is 0 Å². The van der Waals surface area contributed by atoms with Gasteiger partial charge in [-0.3, -0.25) is 0 Å². The fraction of sp³-hybridized carbons (Fsp3) is 0.294. The van der Waals surface area contributed by atoms with Gasteiger partial charge in [-0.25, -0.2) is 0 Å². The first-order chi connectivity index (χ1) is 10.3. The smallest absolute Gasteiger partial charge is 0.0383 e. The zero-order chi connectivity index (χ0) is 14.7. The van der Waals surface area contributed by atoms with Crippen LogP contribution in [0.4, 0.5) is 0 Å². The van der Waals surface area contributed by atoms with Crippen molar-refractivity contribution < 1.29 is 0 Å². The van der Waals surface area contributed by atoms with Crippen LogP contribution in [0.15, 0.2) is 45.6 Å². The van der Waals surface area contributed by atoms with Crippen molar-refractivity contribution >= 4 is 48.7 Å². The minimum Gasteiger partial charge on any atom is -0.310 e. The maximum atomic E-state index is 3.72. The summed E-state index contributed by atoms with van der Waals surface area (Å²) in [6.07, 6.45) is 2.20. The van der Waals surface area contributed by atoms with Gasteiger partial charge in [-0.2, -0.15) is 0 Å². The number of hydrogen-bond donors (Lipinski definition) is 1. The van der Waals surface area contributed by atoms with Crippen LogP contribution in [0, 0.1) is 0 Å². The van der Waals surface area contributed by atoms with E-state index in [0.717, 1.165) is 19.4 Å². The van der Waals surface area contributed by atoms with E-state index < -0.39 is 0 Å². The van der Waals surface area contributed by atoms with E-state index in [9.17, 15) is 0 Å². The van der Waals surface area contributed by atoms with E-state index in [0.29, 0.717) is 6.04 Å². The molecule has 110 valence electrons. The van der Waals surface area contributed by atoms with Gasteiger partial charge in [0.05, 0.1) is 0 Å². The highest BCUT2D eigenvalue weighted by Gasteiger charge is 2.17. The largest absolute Gasteiger partial charge is 0.310 e.